The van der Waals surface area contributed by atoms with E-state index in [9.17, 15) is 9.59 Å². The second-order valence-electron chi connectivity index (χ2n) is 5.73. The minimum atomic E-state index is -0.587. The third kappa shape index (κ3) is 6.16. The van der Waals surface area contributed by atoms with Crippen molar-refractivity contribution in [3.05, 3.63) is 35.9 Å². The Morgan fingerprint density at radius 1 is 1.09 bits per heavy atom. The highest BCUT2D eigenvalue weighted by Crippen LogP contribution is 2.09. The zero-order valence-corrected chi connectivity index (χ0v) is 13.8. The monoisotopic (exact) mass is 306 g/mol. The average molecular weight is 306 g/mol. The number of hydrogen-bond acceptors (Lipinski definition) is 3. The molecule has 2 atom stereocenters. The molecule has 0 radical (unpaired) electrons. The molecule has 2 N–H and O–H groups in total. The van der Waals surface area contributed by atoms with Crippen molar-refractivity contribution in [1.29, 1.82) is 0 Å². The Kier molecular flexibility index (Phi) is 7.43. The van der Waals surface area contributed by atoms with Crippen molar-refractivity contribution in [3.8, 4) is 0 Å². The van der Waals surface area contributed by atoms with Gasteiger partial charge in [0.2, 0.25) is 5.91 Å². The molecule has 2 amide bonds. The number of carbonyl (C=O) groups is 2. The second-order valence-corrected chi connectivity index (χ2v) is 5.73. The lowest BCUT2D eigenvalue weighted by Gasteiger charge is -2.24. The van der Waals surface area contributed by atoms with Gasteiger partial charge in [0.15, 0.2) is 0 Å². The summed E-state index contributed by atoms with van der Waals surface area (Å²) in [6.07, 6.45) is 0.211. The fraction of sp³-hybridized carbons (Fsp3) is 0.529. The van der Waals surface area contributed by atoms with Crippen molar-refractivity contribution >= 4 is 12.0 Å². The van der Waals surface area contributed by atoms with Gasteiger partial charge >= 0.3 is 6.09 Å². The van der Waals surface area contributed by atoms with Crippen LogP contribution in [0, 0.1) is 5.92 Å². The van der Waals surface area contributed by atoms with Crippen LogP contribution in [-0.4, -0.2) is 24.1 Å². The number of alkyl carbamates (subject to hydrolysis) is 1. The van der Waals surface area contributed by atoms with Gasteiger partial charge in [-0.05, 0) is 25.3 Å². The summed E-state index contributed by atoms with van der Waals surface area (Å²) in [6, 6.07) is 8.87. The van der Waals surface area contributed by atoms with Crippen LogP contribution >= 0.6 is 0 Å². The van der Waals surface area contributed by atoms with Crippen molar-refractivity contribution in [2.75, 3.05) is 0 Å². The molecule has 0 saturated carbocycles. The van der Waals surface area contributed by atoms with Crippen LogP contribution in [0.15, 0.2) is 30.3 Å². The summed E-state index contributed by atoms with van der Waals surface area (Å²) in [7, 11) is 0. The number of hydrogen-bond donors (Lipinski definition) is 2. The Hall–Kier alpha value is -2.04. The highest BCUT2D eigenvalue weighted by molar-refractivity contribution is 5.86. The van der Waals surface area contributed by atoms with Crippen LogP contribution in [-0.2, 0) is 16.1 Å². The fourth-order valence-electron chi connectivity index (χ4n) is 1.97. The number of amides is 2. The lowest BCUT2D eigenvalue weighted by atomic mass is 9.98. The van der Waals surface area contributed by atoms with Gasteiger partial charge in [-0.25, -0.2) is 4.79 Å². The molecule has 1 rings (SSSR count). The van der Waals surface area contributed by atoms with Crippen LogP contribution in [0.5, 0.6) is 0 Å². The van der Waals surface area contributed by atoms with E-state index in [1.54, 1.807) is 0 Å². The van der Waals surface area contributed by atoms with Gasteiger partial charge in [0.05, 0.1) is 0 Å². The van der Waals surface area contributed by atoms with E-state index in [-0.39, 0.29) is 24.5 Å². The lowest BCUT2D eigenvalue weighted by Crippen LogP contribution is -2.51. The standard InChI is InChI=1S/C17H26N2O3/c1-5-13(4)15(16(20)18-12(2)3)19-17(21)22-11-14-9-7-6-8-10-14/h6-10,12-13,15H,5,11H2,1-4H3,(H,18,20)(H,19,21). The van der Waals surface area contributed by atoms with Crippen LogP contribution in [0.2, 0.25) is 0 Å². The maximum atomic E-state index is 12.2. The largest absolute Gasteiger partial charge is 0.445 e. The minimum Gasteiger partial charge on any atom is -0.445 e. The van der Waals surface area contributed by atoms with E-state index in [1.807, 2.05) is 58.0 Å². The molecule has 0 aromatic heterocycles. The van der Waals surface area contributed by atoms with Crippen molar-refractivity contribution in [2.24, 2.45) is 5.92 Å². The van der Waals surface area contributed by atoms with Gasteiger partial charge in [-0.2, -0.15) is 0 Å². The van der Waals surface area contributed by atoms with E-state index in [1.165, 1.54) is 0 Å². The molecule has 0 aliphatic rings. The molecular formula is C17H26N2O3. The quantitative estimate of drug-likeness (QED) is 0.814. The Morgan fingerprint density at radius 2 is 1.73 bits per heavy atom. The second kappa shape index (κ2) is 9.07. The van der Waals surface area contributed by atoms with Gasteiger partial charge in [-0.3, -0.25) is 4.79 Å². The fourth-order valence-corrected chi connectivity index (χ4v) is 1.97. The van der Waals surface area contributed by atoms with Gasteiger partial charge < -0.3 is 15.4 Å². The van der Waals surface area contributed by atoms with Gasteiger partial charge in [0.1, 0.15) is 12.6 Å². The van der Waals surface area contributed by atoms with E-state index in [2.05, 4.69) is 10.6 Å². The maximum absolute atomic E-state index is 12.2. The number of rotatable bonds is 7. The van der Waals surface area contributed by atoms with Gasteiger partial charge in [0.25, 0.3) is 0 Å². The first kappa shape index (κ1) is 18.0. The van der Waals surface area contributed by atoms with Crippen LogP contribution < -0.4 is 10.6 Å². The molecule has 0 bridgehead atoms. The molecule has 122 valence electrons. The number of nitrogens with one attached hydrogen (secondary N) is 2. The van der Waals surface area contributed by atoms with Crippen LogP contribution in [0.4, 0.5) is 4.79 Å². The van der Waals surface area contributed by atoms with Crippen LogP contribution in [0.3, 0.4) is 0 Å². The summed E-state index contributed by atoms with van der Waals surface area (Å²) < 4.78 is 5.18. The molecule has 5 nitrogen and oxygen atoms in total. The molecule has 0 heterocycles. The molecule has 22 heavy (non-hydrogen) atoms. The normalized spacial score (nSPS) is 13.3. The lowest BCUT2D eigenvalue weighted by molar-refractivity contribution is -0.124. The van der Waals surface area contributed by atoms with E-state index < -0.39 is 12.1 Å². The summed E-state index contributed by atoms with van der Waals surface area (Å²) in [6.45, 7) is 7.88. The van der Waals surface area contributed by atoms with Gasteiger partial charge in [-0.15, -0.1) is 0 Å². The summed E-state index contributed by atoms with van der Waals surface area (Å²) in [5, 5.41) is 5.50. The first-order chi connectivity index (χ1) is 10.4. The number of benzene rings is 1. The topological polar surface area (TPSA) is 67.4 Å². The Balaban J connectivity index is 2.57. The summed E-state index contributed by atoms with van der Waals surface area (Å²) in [5.41, 5.74) is 0.907. The maximum Gasteiger partial charge on any atom is 0.408 e. The molecule has 0 aliphatic carbocycles. The molecule has 5 heteroatoms. The van der Waals surface area contributed by atoms with Crippen LogP contribution in [0.25, 0.3) is 0 Å². The molecular weight excluding hydrogens is 280 g/mol. The van der Waals surface area contributed by atoms with Crippen molar-refractivity contribution in [3.63, 3.8) is 0 Å². The molecule has 0 saturated heterocycles. The third-order valence-electron chi connectivity index (χ3n) is 3.41. The molecule has 2 unspecified atom stereocenters. The Bertz CT molecular complexity index is 474. The molecule has 0 spiro atoms. The molecule has 1 aromatic carbocycles. The highest BCUT2D eigenvalue weighted by atomic mass is 16.5. The molecule has 1 aromatic rings. The van der Waals surface area contributed by atoms with Crippen molar-refractivity contribution in [1.82, 2.24) is 10.6 Å². The number of carbonyl (C=O) groups excluding carboxylic acids is 2. The van der Waals surface area contributed by atoms with E-state index >= 15 is 0 Å². The van der Waals surface area contributed by atoms with Crippen LogP contribution in [0.1, 0.15) is 39.7 Å². The predicted molar refractivity (Wildman–Crippen MR) is 86.3 cm³/mol. The first-order valence-corrected chi connectivity index (χ1v) is 7.71. The highest BCUT2D eigenvalue weighted by Gasteiger charge is 2.26. The predicted octanol–water partition coefficient (Wildman–Crippen LogP) is 2.85. The Labute approximate surface area is 132 Å². The van der Waals surface area contributed by atoms with Gasteiger partial charge in [0, 0.05) is 6.04 Å². The number of ether oxygens (including phenoxy) is 1. The zero-order valence-electron chi connectivity index (χ0n) is 13.8. The SMILES string of the molecule is CCC(C)C(NC(=O)OCc1ccccc1)C(=O)NC(C)C. The van der Waals surface area contributed by atoms with E-state index in [0.717, 1.165) is 12.0 Å². The molecule has 0 aliphatic heterocycles. The third-order valence-corrected chi connectivity index (χ3v) is 3.41. The first-order valence-electron chi connectivity index (χ1n) is 7.71. The van der Waals surface area contributed by atoms with Crippen molar-refractivity contribution < 1.29 is 14.3 Å². The summed E-state index contributed by atoms with van der Waals surface area (Å²) in [4.78, 5) is 24.1. The Morgan fingerprint density at radius 3 is 2.27 bits per heavy atom. The molecule has 0 fully saturated rings. The zero-order chi connectivity index (χ0) is 16.5. The minimum absolute atomic E-state index is 0.0289. The van der Waals surface area contributed by atoms with Gasteiger partial charge in [-0.1, -0.05) is 50.6 Å². The van der Waals surface area contributed by atoms with E-state index in [4.69, 9.17) is 4.74 Å². The van der Waals surface area contributed by atoms with Crippen molar-refractivity contribution in [2.45, 2.75) is 52.8 Å². The summed E-state index contributed by atoms with van der Waals surface area (Å²) >= 11 is 0. The average Bonchev–Trinajstić information content (AvgIpc) is 2.50. The smallest absolute Gasteiger partial charge is 0.408 e. The van der Waals surface area contributed by atoms with E-state index in [0.29, 0.717) is 0 Å². The summed E-state index contributed by atoms with van der Waals surface area (Å²) in [5.74, 6) is -0.149.